The van der Waals surface area contributed by atoms with Gasteiger partial charge >= 0.3 is 0 Å². The molecule has 0 heterocycles. The number of rotatable bonds is 11. The highest BCUT2D eigenvalue weighted by Crippen LogP contribution is 2.31. The molecule has 1 atom stereocenters. The molecular formula is C36H36Cl2N2O2. The average molecular weight is 600 g/mol. The highest BCUT2D eigenvalue weighted by molar-refractivity contribution is 6.42. The molecule has 0 aliphatic heterocycles. The molecule has 0 aromatic heterocycles. The minimum Gasteiger partial charge on any atom is -0.352 e. The van der Waals surface area contributed by atoms with Gasteiger partial charge in [0.1, 0.15) is 6.04 Å². The van der Waals surface area contributed by atoms with Crippen LogP contribution in [0.5, 0.6) is 0 Å². The van der Waals surface area contributed by atoms with Crippen LogP contribution in [-0.2, 0) is 22.6 Å². The maximum absolute atomic E-state index is 14.5. The van der Waals surface area contributed by atoms with Gasteiger partial charge in [0, 0.05) is 31.3 Å². The van der Waals surface area contributed by atoms with E-state index < -0.39 is 6.04 Å². The topological polar surface area (TPSA) is 49.4 Å². The number of benzene rings is 4. The zero-order chi connectivity index (χ0) is 29.3. The Kier molecular flexibility index (Phi) is 10.3. The van der Waals surface area contributed by atoms with Crippen molar-refractivity contribution >= 4 is 35.0 Å². The number of amides is 2. The molecule has 0 unspecified atom stereocenters. The Hall–Kier alpha value is -3.60. The molecule has 42 heavy (non-hydrogen) atoms. The van der Waals surface area contributed by atoms with Crippen LogP contribution < -0.4 is 5.32 Å². The Morgan fingerprint density at radius 1 is 0.738 bits per heavy atom. The van der Waals surface area contributed by atoms with Crippen molar-refractivity contribution in [1.82, 2.24) is 10.2 Å². The maximum atomic E-state index is 14.5. The van der Waals surface area contributed by atoms with Gasteiger partial charge in [-0.3, -0.25) is 9.59 Å². The third-order valence-electron chi connectivity index (χ3n) is 8.09. The zero-order valence-electron chi connectivity index (χ0n) is 23.6. The van der Waals surface area contributed by atoms with E-state index in [9.17, 15) is 9.59 Å². The van der Waals surface area contributed by atoms with Crippen molar-refractivity contribution in [3.8, 4) is 0 Å². The van der Waals surface area contributed by atoms with Crippen LogP contribution in [0.3, 0.4) is 0 Å². The van der Waals surface area contributed by atoms with Gasteiger partial charge < -0.3 is 10.2 Å². The molecule has 216 valence electrons. The van der Waals surface area contributed by atoms with Crippen molar-refractivity contribution in [3.63, 3.8) is 0 Å². The van der Waals surface area contributed by atoms with E-state index in [4.69, 9.17) is 23.2 Å². The van der Waals surface area contributed by atoms with E-state index in [1.807, 2.05) is 72.8 Å². The predicted octanol–water partition coefficient (Wildman–Crippen LogP) is 8.21. The van der Waals surface area contributed by atoms with E-state index in [0.717, 1.165) is 47.9 Å². The molecule has 4 aromatic rings. The molecule has 5 rings (SSSR count). The highest BCUT2D eigenvalue weighted by Gasteiger charge is 2.33. The Labute approximate surface area is 258 Å². The van der Waals surface area contributed by atoms with E-state index in [-0.39, 0.29) is 36.7 Å². The number of hydrogen-bond acceptors (Lipinski definition) is 2. The van der Waals surface area contributed by atoms with E-state index in [0.29, 0.717) is 16.5 Å². The monoisotopic (exact) mass is 598 g/mol. The fourth-order valence-electron chi connectivity index (χ4n) is 5.85. The second kappa shape index (κ2) is 14.5. The Morgan fingerprint density at radius 3 is 1.88 bits per heavy atom. The van der Waals surface area contributed by atoms with Gasteiger partial charge in [0.2, 0.25) is 11.8 Å². The fourth-order valence-corrected chi connectivity index (χ4v) is 6.17. The van der Waals surface area contributed by atoms with Gasteiger partial charge in [0.15, 0.2) is 0 Å². The molecule has 1 aliphatic carbocycles. The SMILES string of the molecule is O=C(NC1CCCC1)[C@H](Cc1ccccc1)N(Cc1ccc(Cl)c(Cl)c1)C(=O)CC(c1ccccc1)c1ccccc1. The first kappa shape index (κ1) is 29.9. The third kappa shape index (κ3) is 7.81. The lowest BCUT2D eigenvalue weighted by atomic mass is 9.87. The molecule has 1 N–H and O–H groups in total. The largest absolute Gasteiger partial charge is 0.352 e. The quantitative estimate of drug-likeness (QED) is 0.189. The average Bonchev–Trinajstić information content (AvgIpc) is 3.53. The van der Waals surface area contributed by atoms with Gasteiger partial charge in [-0.15, -0.1) is 0 Å². The van der Waals surface area contributed by atoms with Crippen molar-refractivity contribution in [2.24, 2.45) is 0 Å². The number of nitrogens with zero attached hydrogens (tertiary/aromatic N) is 1. The minimum absolute atomic E-state index is 0.0960. The van der Waals surface area contributed by atoms with Crippen molar-refractivity contribution in [1.29, 1.82) is 0 Å². The smallest absolute Gasteiger partial charge is 0.243 e. The normalized spacial score (nSPS) is 14.1. The molecule has 0 bridgehead atoms. The molecule has 0 saturated heterocycles. The van der Waals surface area contributed by atoms with Gasteiger partial charge in [-0.25, -0.2) is 0 Å². The maximum Gasteiger partial charge on any atom is 0.243 e. The second-order valence-electron chi connectivity index (χ2n) is 11.0. The van der Waals surface area contributed by atoms with Crippen LogP contribution in [0.2, 0.25) is 10.0 Å². The summed E-state index contributed by atoms with van der Waals surface area (Å²) < 4.78 is 0. The summed E-state index contributed by atoms with van der Waals surface area (Å²) in [6, 6.07) is 34.9. The molecule has 1 aliphatic rings. The molecule has 2 amide bonds. The molecule has 4 aromatic carbocycles. The molecule has 4 nitrogen and oxygen atoms in total. The summed E-state index contributed by atoms with van der Waals surface area (Å²) in [7, 11) is 0. The lowest BCUT2D eigenvalue weighted by molar-refractivity contribution is -0.141. The molecule has 1 saturated carbocycles. The van der Waals surface area contributed by atoms with E-state index in [1.165, 1.54) is 0 Å². The van der Waals surface area contributed by atoms with Crippen LogP contribution in [-0.4, -0.2) is 28.8 Å². The van der Waals surface area contributed by atoms with E-state index >= 15 is 0 Å². The van der Waals surface area contributed by atoms with Gasteiger partial charge in [0.25, 0.3) is 0 Å². The Bertz CT molecular complexity index is 1420. The van der Waals surface area contributed by atoms with Gasteiger partial charge in [0.05, 0.1) is 10.0 Å². The van der Waals surface area contributed by atoms with Crippen molar-refractivity contribution in [3.05, 3.63) is 141 Å². The van der Waals surface area contributed by atoms with Crippen LogP contribution in [0.25, 0.3) is 0 Å². The Morgan fingerprint density at radius 2 is 1.31 bits per heavy atom. The molecule has 0 radical (unpaired) electrons. The Balaban J connectivity index is 1.52. The number of halogens is 2. The molecule has 6 heteroatoms. The summed E-state index contributed by atoms with van der Waals surface area (Å²) in [4.78, 5) is 30.3. The zero-order valence-corrected chi connectivity index (χ0v) is 25.1. The summed E-state index contributed by atoms with van der Waals surface area (Å²) in [6.45, 7) is 0.238. The van der Waals surface area contributed by atoms with Crippen molar-refractivity contribution in [2.45, 2.75) is 63.1 Å². The van der Waals surface area contributed by atoms with E-state index in [1.54, 1.807) is 17.0 Å². The number of nitrogens with one attached hydrogen (secondary N) is 1. The second-order valence-corrected chi connectivity index (χ2v) is 11.9. The van der Waals surface area contributed by atoms with E-state index in [2.05, 4.69) is 29.6 Å². The lowest BCUT2D eigenvalue weighted by Crippen LogP contribution is -2.52. The summed E-state index contributed by atoms with van der Waals surface area (Å²) in [5.41, 5.74) is 3.93. The first-order chi connectivity index (χ1) is 20.5. The van der Waals surface area contributed by atoms with Crippen LogP contribution in [0.15, 0.2) is 109 Å². The first-order valence-corrected chi connectivity index (χ1v) is 15.4. The van der Waals surface area contributed by atoms with Gasteiger partial charge in [-0.2, -0.15) is 0 Å². The van der Waals surface area contributed by atoms with Crippen LogP contribution >= 0.6 is 23.2 Å². The first-order valence-electron chi connectivity index (χ1n) is 14.7. The third-order valence-corrected chi connectivity index (χ3v) is 8.83. The summed E-state index contributed by atoms with van der Waals surface area (Å²) in [6.07, 6.45) is 4.78. The van der Waals surface area contributed by atoms with Crippen molar-refractivity contribution < 1.29 is 9.59 Å². The highest BCUT2D eigenvalue weighted by atomic mass is 35.5. The summed E-state index contributed by atoms with van der Waals surface area (Å²) in [5.74, 6) is -0.372. The molecule has 1 fully saturated rings. The van der Waals surface area contributed by atoms with Crippen LogP contribution in [0.1, 0.15) is 60.3 Å². The minimum atomic E-state index is -0.692. The number of carbonyl (C=O) groups is 2. The molecular weight excluding hydrogens is 563 g/mol. The van der Waals surface area contributed by atoms with Gasteiger partial charge in [-0.05, 0) is 47.2 Å². The predicted molar refractivity (Wildman–Crippen MR) is 171 cm³/mol. The van der Waals surface area contributed by atoms with Crippen molar-refractivity contribution in [2.75, 3.05) is 0 Å². The molecule has 0 spiro atoms. The van der Waals surface area contributed by atoms with Crippen LogP contribution in [0.4, 0.5) is 0 Å². The number of hydrogen-bond donors (Lipinski definition) is 1. The summed E-state index contributed by atoms with van der Waals surface area (Å²) in [5, 5.41) is 4.15. The fraction of sp³-hybridized carbons (Fsp3) is 0.278. The number of carbonyl (C=O) groups excluding carboxylic acids is 2. The summed E-state index contributed by atoms with van der Waals surface area (Å²) >= 11 is 12.6. The standard InChI is InChI=1S/C36H36Cl2N2O2/c37-32-21-20-27(22-33(32)38)25-40(34(23-26-12-4-1-5-13-26)36(42)39-30-18-10-11-19-30)35(41)24-31(28-14-6-2-7-15-28)29-16-8-3-9-17-29/h1-9,12-17,20-22,30-31,34H,10-11,18-19,23-25H2,(H,39,42)/t34-/m0/s1. The lowest BCUT2D eigenvalue weighted by Gasteiger charge is -2.33. The van der Waals surface area contributed by atoms with Gasteiger partial charge in [-0.1, -0.05) is 133 Å². The van der Waals surface area contributed by atoms with Crippen LogP contribution in [0, 0.1) is 0 Å².